The second-order valence-electron chi connectivity index (χ2n) is 9.21. The molecule has 0 radical (unpaired) electrons. The molecular weight excluding hydrogens is 444 g/mol. The van der Waals surface area contributed by atoms with Gasteiger partial charge in [0.05, 0.1) is 17.3 Å². The summed E-state index contributed by atoms with van der Waals surface area (Å²) in [5, 5.41) is 12.6. The Balaban J connectivity index is 1.12. The van der Waals surface area contributed by atoms with Crippen molar-refractivity contribution in [1.29, 1.82) is 5.26 Å². The third-order valence-corrected chi connectivity index (χ3v) is 6.98. The van der Waals surface area contributed by atoms with Gasteiger partial charge in [0.1, 0.15) is 11.9 Å². The molecule has 1 N–H and O–H groups in total. The van der Waals surface area contributed by atoms with Crippen molar-refractivity contribution >= 4 is 28.5 Å². The van der Waals surface area contributed by atoms with Crippen LogP contribution in [0.5, 0.6) is 0 Å². The molecule has 0 bridgehead atoms. The molecule has 1 aromatic carbocycles. The summed E-state index contributed by atoms with van der Waals surface area (Å²) >= 11 is 0. The van der Waals surface area contributed by atoms with Gasteiger partial charge in [-0.15, -0.1) is 0 Å². The molecular formula is C26H26N6O3. The molecule has 1 saturated heterocycles. The Morgan fingerprint density at radius 1 is 1.11 bits per heavy atom. The second kappa shape index (κ2) is 8.95. The smallest absolute Gasteiger partial charge is 0.266 e. The Kier molecular flexibility index (Phi) is 5.49. The number of hydrogen-bond acceptors (Lipinski definition) is 7. The highest BCUT2D eigenvalue weighted by Gasteiger charge is 2.29. The monoisotopic (exact) mass is 470 g/mol. The molecule has 1 amide bonds. The molecule has 4 aromatic rings. The summed E-state index contributed by atoms with van der Waals surface area (Å²) in [6.45, 7) is 2.22. The van der Waals surface area contributed by atoms with Gasteiger partial charge in [0, 0.05) is 37.7 Å². The van der Waals surface area contributed by atoms with Gasteiger partial charge < -0.3 is 23.6 Å². The second-order valence-corrected chi connectivity index (χ2v) is 9.21. The summed E-state index contributed by atoms with van der Waals surface area (Å²) in [4.78, 5) is 24.1. The van der Waals surface area contributed by atoms with Crippen molar-refractivity contribution < 1.29 is 13.6 Å². The van der Waals surface area contributed by atoms with E-state index in [4.69, 9.17) is 13.8 Å². The quantitative estimate of drug-likeness (QED) is 0.458. The van der Waals surface area contributed by atoms with Crippen LogP contribution in [0.4, 0.5) is 11.6 Å². The Morgan fingerprint density at radius 2 is 2.00 bits per heavy atom. The van der Waals surface area contributed by atoms with Crippen LogP contribution < -0.4 is 10.2 Å². The number of benzene rings is 1. The summed E-state index contributed by atoms with van der Waals surface area (Å²) < 4.78 is 13.5. The molecule has 9 nitrogen and oxygen atoms in total. The van der Waals surface area contributed by atoms with E-state index in [1.54, 1.807) is 12.1 Å². The van der Waals surface area contributed by atoms with Gasteiger partial charge in [0.15, 0.2) is 5.76 Å². The van der Waals surface area contributed by atoms with E-state index in [9.17, 15) is 10.1 Å². The van der Waals surface area contributed by atoms with Gasteiger partial charge in [-0.25, -0.2) is 4.98 Å². The number of nitrogens with zero attached hydrogens (tertiary/aromatic N) is 5. The van der Waals surface area contributed by atoms with Gasteiger partial charge in [0.2, 0.25) is 17.5 Å². The Bertz CT molecular complexity index is 1400. The zero-order valence-electron chi connectivity index (χ0n) is 19.4. The lowest BCUT2D eigenvalue weighted by Gasteiger charge is -2.30. The van der Waals surface area contributed by atoms with Crippen LogP contribution in [0.1, 0.15) is 43.6 Å². The standard InChI is InChI=1S/C26H26N6O3/c27-16-20-26(35-25(30-20)22-5-4-14-34-22)31-12-9-17(10-13-31)24(33)28-18-7-8-21-19(15-18)29-23-6-2-1-3-11-32(21)23/h4-5,7-8,14-15,17H,1-3,6,9-13H2,(H,28,33). The zero-order chi connectivity index (χ0) is 23.8. The first kappa shape index (κ1) is 21.5. The van der Waals surface area contributed by atoms with Crippen molar-refractivity contribution in [2.45, 2.75) is 45.1 Å². The number of oxazole rings is 1. The van der Waals surface area contributed by atoms with Crippen molar-refractivity contribution in [1.82, 2.24) is 14.5 Å². The Morgan fingerprint density at radius 3 is 2.80 bits per heavy atom. The first-order chi connectivity index (χ1) is 17.2. The third kappa shape index (κ3) is 4.05. The first-order valence-corrected chi connectivity index (χ1v) is 12.2. The normalized spacial score (nSPS) is 16.6. The van der Waals surface area contributed by atoms with Crippen LogP contribution in [0.15, 0.2) is 45.4 Å². The minimum atomic E-state index is -0.112. The van der Waals surface area contributed by atoms with Gasteiger partial charge >= 0.3 is 0 Å². The van der Waals surface area contributed by atoms with Crippen molar-refractivity contribution in [2.75, 3.05) is 23.3 Å². The molecule has 3 aromatic heterocycles. The molecule has 0 saturated carbocycles. The molecule has 6 rings (SSSR count). The Hall–Kier alpha value is -4.06. The topological polar surface area (TPSA) is 113 Å². The molecule has 0 aliphatic carbocycles. The number of hydrogen-bond donors (Lipinski definition) is 1. The van der Waals surface area contributed by atoms with Crippen molar-refractivity contribution in [3.8, 4) is 17.7 Å². The molecule has 0 spiro atoms. The molecule has 5 heterocycles. The molecule has 2 aliphatic heterocycles. The van der Waals surface area contributed by atoms with E-state index in [1.165, 1.54) is 25.5 Å². The predicted octanol–water partition coefficient (Wildman–Crippen LogP) is 4.74. The first-order valence-electron chi connectivity index (χ1n) is 12.2. The number of anilines is 2. The third-order valence-electron chi connectivity index (χ3n) is 6.98. The van der Waals surface area contributed by atoms with E-state index in [-0.39, 0.29) is 23.4 Å². The number of nitriles is 1. The number of furan rings is 1. The molecule has 0 unspecified atom stereocenters. The van der Waals surface area contributed by atoms with Crippen molar-refractivity contribution in [2.24, 2.45) is 5.92 Å². The van der Waals surface area contributed by atoms with Crippen LogP contribution >= 0.6 is 0 Å². The number of nitrogens with one attached hydrogen (secondary N) is 1. The summed E-state index contributed by atoms with van der Waals surface area (Å²) in [6, 6.07) is 11.6. The summed E-state index contributed by atoms with van der Waals surface area (Å²) in [5.41, 5.74) is 3.09. The number of carbonyl (C=O) groups is 1. The van der Waals surface area contributed by atoms with Crippen LogP contribution in [0, 0.1) is 17.2 Å². The van der Waals surface area contributed by atoms with Crippen molar-refractivity contribution in [3.63, 3.8) is 0 Å². The van der Waals surface area contributed by atoms with Crippen LogP contribution in [0.25, 0.3) is 22.7 Å². The molecule has 2 aliphatic rings. The molecule has 0 atom stereocenters. The van der Waals surface area contributed by atoms with E-state index >= 15 is 0 Å². The van der Waals surface area contributed by atoms with E-state index in [0.717, 1.165) is 35.5 Å². The number of carbonyl (C=O) groups excluding carboxylic acids is 1. The fraction of sp³-hybridized carbons (Fsp3) is 0.385. The number of aromatic nitrogens is 3. The molecule has 178 valence electrons. The minimum absolute atomic E-state index is 0.0131. The molecule has 1 fully saturated rings. The van der Waals surface area contributed by atoms with Gasteiger partial charge in [-0.1, -0.05) is 6.42 Å². The average Bonchev–Trinajstić information content (AvgIpc) is 3.59. The lowest BCUT2D eigenvalue weighted by molar-refractivity contribution is -0.120. The number of piperidine rings is 1. The molecule has 9 heteroatoms. The van der Waals surface area contributed by atoms with Gasteiger partial charge in [-0.2, -0.15) is 10.2 Å². The highest BCUT2D eigenvalue weighted by molar-refractivity contribution is 5.94. The van der Waals surface area contributed by atoms with Crippen LogP contribution in [0.3, 0.4) is 0 Å². The maximum atomic E-state index is 13.0. The van der Waals surface area contributed by atoms with Crippen molar-refractivity contribution in [3.05, 3.63) is 48.1 Å². The number of rotatable bonds is 4. The van der Waals surface area contributed by atoms with Crippen LogP contribution in [-0.4, -0.2) is 33.5 Å². The van der Waals surface area contributed by atoms with E-state index < -0.39 is 0 Å². The summed E-state index contributed by atoms with van der Waals surface area (Å²) in [5.74, 6) is 2.25. The maximum absolute atomic E-state index is 13.0. The Labute approximate surface area is 202 Å². The fourth-order valence-corrected chi connectivity index (χ4v) is 5.12. The summed E-state index contributed by atoms with van der Waals surface area (Å²) in [6.07, 6.45) is 7.48. The van der Waals surface area contributed by atoms with Gasteiger partial charge in [0.25, 0.3) is 5.89 Å². The van der Waals surface area contributed by atoms with E-state index in [0.29, 0.717) is 37.6 Å². The maximum Gasteiger partial charge on any atom is 0.266 e. The largest absolute Gasteiger partial charge is 0.459 e. The van der Waals surface area contributed by atoms with E-state index in [2.05, 4.69) is 27.0 Å². The SMILES string of the molecule is N#Cc1nc(-c2ccco2)oc1N1CCC(C(=O)Nc2ccc3c(c2)nc2n3CCCCC2)CC1. The zero-order valence-corrected chi connectivity index (χ0v) is 19.4. The number of amides is 1. The fourth-order valence-electron chi connectivity index (χ4n) is 5.12. The number of imidazole rings is 1. The predicted molar refractivity (Wildman–Crippen MR) is 130 cm³/mol. The highest BCUT2D eigenvalue weighted by Crippen LogP contribution is 2.32. The number of aryl methyl sites for hydroxylation is 2. The van der Waals surface area contributed by atoms with Gasteiger partial charge in [-0.05, 0) is 56.0 Å². The lowest BCUT2D eigenvalue weighted by Crippen LogP contribution is -2.38. The number of fused-ring (bicyclic) bond motifs is 3. The highest BCUT2D eigenvalue weighted by atomic mass is 16.4. The lowest BCUT2D eigenvalue weighted by atomic mass is 9.96. The van der Waals surface area contributed by atoms with Crippen LogP contribution in [-0.2, 0) is 17.8 Å². The summed E-state index contributed by atoms with van der Waals surface area (Å²) in [7, 11) is 0. The van der Waals surface area contributed by atoms with Gasteiger partial charge in [-0.3, -0.25) is 4.79 Å². The minimum Gasteiger partial charge on any atom is -0.459 e. The molecule has 35 heavy (non-hydrogen) atoms. The van der Waals surface area contributed by atoms with Crippen LogP contribution in [0.2, 0.25) is 0 Å². The average molecular weight is 471 g/mol. The van der Waals surface area contributed by atoms with E-state index in [1.807, 2.05) is 17.0 Å².